The fraction of sp³-hybridized carbons (Fsp3) is 0.294. The highest BCUT2D eigenvalue weighted by Gasteiger charge is 2.29. The Balaban J connectivity index is 1.93. The van der Waals surface area contributed by atoms with Gasteiger partial charge in [-0.15, -0.1) is 0 Å². The first-order valence-electron chi connectivity index (χ1n) is 7.70. The number of aromatic nitrogens is 1. The summed E-state index contributed by atoms with van der Waals surface area (Å²) in [6.07, 6.45) is -3.05. The number of hydrogen-bond acceptors (Lipinski definition) is 3. The Morgan fingerprint density at radius 2 is 1.77 bits per heavy atom. The van der Waals surface area contributed by atoms with Crippen LogP contribution in [0, 0.1) is 0 Å². The van der Waals surface area contributed by atoms with E-state index in [0.29, 0.717) is 23.1 Å². The van der Waals surface area contributed by atoms with Gasteiger partial charge in [-0.3, -0.25) is 4.99 Å². The number of nitrogens with zero attached hydrogens (tertiary/aromatic N) is 2. The number of rotatable bonds is 6. The van der Waals surface area contributed by atoms with Crippen LogP contribution in [0.4, 0.5) is 13.2 Å². The minimum absolute atomic E-state index is 0.0705. The third kappa shape index (κ3) is 6.44. The van der Waals surface area contributed by atoms with Gasteiger partial charge < -0.3 is 15.4 Å². The van der Waals surface area contributed by atoms with E-state index in [0.717, 1.165) is 5.56 Å². The van der Waals surface area contributed by atoms with Crippen LogP contribution in [0.15, 0.2) is 47.6 Å². The highest BCUT2D eigenvalue weighted by atomic mass is 35.5. The minimum Gasteiger partial charge on any atom is -0.468 e. The molecule has 9 heteroatoms. The van der Waals surface area contributed by atoms with Crippen LogP contribution in [0.1, 0.15) is 11.1 Å². The lowest BCUT2D eigenvalue weighted by atomic mass is 10.2. The van der Waals surface area contributed by atoms with E-state index in [9.17, 15) is 13.2 Å². The molecule has 26 heavy (non-hydrogen) atoms. The monoisotopic (exact) mass is 386 g/mol. The molecule has 0 saturated heterocycles. The summed E-state index contributed by atoms with van der Waals surface area (Å²) < 4.78 is 41.7. The van der Waals surface area contributed by atoms with Gasteiger partial charge >= 0.3 is 6.18 Å². The molecule has 0 radical (unpaired) electrons. The fourth-order valence-corrected chi connectivity index (χ4v) is 2.26. The van der Waals surface area contributed by atoms with Crippen LogP contribution in [0.5, 0.6) is 5.88 Å². The van der Waals surface area contributed by atoms with Gasteiger partial charge in [-0.05, 0) is 17.7 Å². The van der Waals surface area contributed by atoms with E-state index in [2.05, 4.69) is 20.6 Å². The lowest BCUT2D eigenvalue weighted by molar-refractivity contribution is -0.154. The van der Waals surface area contributed by atoms with E-state index in [1.54, 1.807) is 25.2 Å². The number of pyridine rings is 1. The van der Waals surface area contributed by atoms with Crippen molar-refractivity contribution in [2.24, 2.45) is 4.99 Å². The largest absolute Gasteiger partial charge is 0.468 e. The van der Waals surface area contributed by atoms with Crippen molar-refractivity contribution < 1.29 is 17.9 Å². The predicted molar refractivity (Wildman–Crippen MR) is 94.3 cm³/mol. The van der Waals surface area contributed by atoms with Crippen LogP contribution in [0.25, 0.3) is 0 Å². The summed E-state index contributed by atoms with van der Waals surface area (Å²) in [6.45, 7) is -0.746. The van der Waals surface area contributed by atoms with E-state index in [1.807, 2.05) is 18.2 Å². The predicted octanol–water partition coefficient (Wildman–Crippen LogP) is 3.54. The summed E-state index contributed by atoms with van der Waals surface area (Å²) in [5.41, 5.74) is 1.38. The lowest BCUT2D eigenvalue weighted by Crippen LogP contribution is -2.36. The molecule has 2 N–H and O–H groups in total. The van der Waals surface area contributed by atoms with Gasteiger partial charge in [0.25, 0.3) is 0 Å². The van der Waals surface area contributed by atoms with Gasteiger partial charge in [0, 0.05) is 36.9 Å². The maximum absolute atomic E-state index is 12.3. The third-order valence-corrected chi connectivity index (χ3v) is 3.67. The molecule has 140 valence electrons. The fourth-order valence-electron chi connectivity index (χ4n) is 2.06. The van der Waals surface area contributed by atoms with Crippen molar-refractivity contribution in [1.82, 2.24) is 15.6 Å². The molecule has 5 nitrogen and oxygen atoms in total. The van der Waals surface area contributed by atoms with Gasteiger partial charge in [0.1, 0.15) is 0 Å². The molecule has 0 bridgehead atoms. The van der Waals surface area contributed by atoms with Crippen molar-refractivity contribution >= 4 is 17.6 Å². The van der Waals surface area contributed by atoms with E-state index >= 15 is 0 Å². The summed E-state index contributed by atoms with van der Waals surface area (Å²) in [6, 6.07) is 10.6. The zero-order valence-electron chi connectivity index (χ0n) is 14.0. The van der Waals surface area contributed by atoms with Crippen LogP contribution in [0.3, 0.4) is 0 Å². The van der Waals surface area contributed by atoms with Crippen LogP contribution in [0.2, 0.25) is 5.02 Å². The van der Waals surface area contributed by atoms with Crippen molar-refractivity contribution in [1.29, 1.82) is 0 Å². The molecule has 0 unspecified atom stereocenters. The number of hydrogen-bond donors (Lipinski definition) is 2. The average Bonchev–Trinajstić information content (AvgIpc) is 2.61. The standard InChI is InChI=1S/C17H18ClF3N4O/c1-22-16(24-9-12-5-2-3-7-14(12)18)25-10-13-6-4-8-23-15(13)26-11-17(19,20)21/h2-8H,9-11H2,1H3,(H2,22,24,25). The Morgan fingerprint density at radius 1 is 1.12 bits per heavy atom. The molecular formula is C17H18ClF3N4O. The molecule has 0 amide bonds. The topological polar surface area (TPSA) is 58.5 Å². The number of ether oxygens (including phenoxy) is 1. The first-order valence-corrected chi connectivity index (χ1v) is 8.08. The molecule has 0 aliphatic rings. The Labute approximate surface area is 154 Å². The average molecular weight is 387 g/mol. The molecule has 0 aliphatic carbocycles. The van der Waals surface area contributed by atoms with Crippen LogP contribution in [-0.2, 0) is 13.1 Å². The van der Waals surface area contributed by atoms with Gasteiger partial charge in [0.05, 0.1) is 0 Å². The van der Waals surface area contributed by atoms with Crippen molar-refractivity contribution in [3.8, 4) is 5.88 Å². The summed E-state index contributed by atoms with van der Waals surface area (Å²) in [5, 5.41) is 6.72. The second-order valence-electron chi connectivity index (χ2n) is 5.24. The van der Waals surface area contributed by atoms with Gasteiger partial charge in [0.2, 0.25) is 5.88 Å². The van der Waals surface area contributed by atoms with Crippen LogP contribution >= 0.6 is 11.6 Å². The number of alkyl halides is 3. The SMILES string of the molecule is CN=C(NCc1ccccc1Cl)NCc1cccnc1OCC(F)(F)F. The van der Waals surface area contributed by atoms with Gasteiger partial charge in [-0.25, -0.2) is 4.98 Å². The van der Waals surface area contributed by atoms with E-state index in [1.165, 1.54) is 6.20 Å². The lowest BCUT2D eigenvalue weighted by Gasteiger charge is -2.15. The smallest absolute Gasteiger partial charge is 0.422 e. The molecule has 1 aromatic heterocycles. The van der Waals surface area contributed by atoms with E-state index in [-0.39, 0.29) is 12.4 Å². The van der Waals surface area contributed by atoms with E-state index < -0.39 is 12.8 Å². The molecule has 0 saturated carbocycles. The molecule has 2 rings (SSSR count). The highest BCUT2D eigenvalue weighted by Crippen LogP contribution is 2.20. The molecule has 1 aromatic carbocycles. The van der Waals surface area contributed by atoms with Crippen molar-refractivity contribution in [2.45, 2.75) is 19.3 Å². The zero-order chi connectivity index (χ0) is 19.0. The first kappa shape index (κ1) is 19.8. The molecule has 0 spiro atoms. The Kier molecular flexibility index (Phi) is 7.08. The Bertz CT molecular complexity index is 753. The number of nitrogens with one attached hydrogen (secondary N) is 2. The van der Waals surface area contributed by atoms with Crippen molar-refractivity contribution in [2.75, 3.05) is 13.7 Å². The summed E-state index contributed by atoms with van der Waals surface area (Å²) in [7, 11) is 1.59. The number of aliphatic imine (C=N–C) groups is 1. The maximum atomic E-state index is 12.3. The Morgan fingerprint density at radius 3 is 2.42 bits per heavy atom. The molecular weight excluding hydrogens is 369 g/mol. The second-order valence-corrected chi connectivity index (χ2v) is 5.65. The minimum atomic E-state index is -4.42. The molecule has 0 aliphatic heterocycles. The van der Waals surface area contributed by atoms with Crippen LogP contribution < -0.4 is 15.4 Å². The van der Waals surface area contributed by atoms with Gasteiger partial charge in [-0.1, -0.05) is 35.9 Å². The second kappa shape index (κ2) is 9.28. The molecule has 0 atom stereocenters. The molecule has 2 aromatic rings. The normalized spacial score (nSPS) is 12.0. The molecule has 1 heterocycles. The van der Waals surface area contributed by atoms with Crippen LogP contribution in [-0.4, -0.2) is 30.8 Å². The zero-order valence-corrected chi connectivity index (χ0v) is 14.7. The number of halogens is 4. The summed E-state index contributed by atoms with van der Waals surface area (Å²) in [5.74, 6) is 0.398. The first-order chi connectivity index (χ1) is 12.4. The highest BCUT2D eigenvalue weighted by molar-refractivity contribution is 6.31. The quantitative estimate of drug-likeness (QED) is 0.589. The van der Waals surface area contributed by atoms with Gasteiger partial charge in [0.15, 0.2) is 12.6 Å². The van der Waals surface area contributed by atoms with Crippen molar-refractivity contribution in [3.63, 3.8) is 0 Å². The summed E-state index contributed by atoms with van der Waals surface area (Å²) >= 11 is 6.10. The van der Waals surface area contributed by atoms with E-state index in [4.69, 9.17) is 16.3 Å². The summed E-state index contributed by atoms with van der Waals surface area (Å²) in [4.78, 5) is 7.92. The number of benzene rings is 1. The van der Waals surface area contributed by atoms with Crippen molar-refractivity contribution in [3.05, 3.63) is 58.7 Å². The Hall–Kier alpha value is -2.48. The third-order valence-electron chi connectivity index (χ3n) is 3.30. The molecule has 0 fully saturated rings. The van der Waals surface area contributed by atoms with Gasteiger partial charge in [-0.2, -0.15) is 13.2 Å². The maximum Gasteiger partial charge on any atom is 0.422 e. The number of guanidine groups is 1.